The number of benzene rings is 1. The number of rotatable bonds is 14. The summed E-state index contributed by atoms with van der Waals surface area (Å²) in [6.07, 6.45) is -3.60. The van der Waals surface area contributed by atoms with E-state index in [0.29, 0.717) is 56.9 Å². The van der Waals surface area contributed by atoms with E-state index >= 15 is 4.39 Å². The van der Waals surface area contributed by atoms with Gasteiger partial charge in [-0.15, -0.1) is 0 Å². The normalized spacial score (nSPS) is 14.2. The average Bonchev–Trinajstić information content (AvgIpc) is 3.40. The average molecular weight is 646 g/mol. The van der Waals surface area contributed by atoms with Gasteiger partial charge >= 0.3 is 12.1 Å². The second-order valence-corrected chi connectivity index (χ2v) is 10.8. The van der Waals surface area contributed by atoms with Gasteiger partial charge in [-0.05, 0) is 18.2 Å². The highest BCUT2D eigenvalue weighted by Gasteiger charge is 2.32. The van der Waals surface area contributed by atoms with Crippen LogP contribution in [0.5, 0.6) is 0 Å². The summed E-state index contributed by atoms with van der Waals surface area (Å²) in [5, 5.41) is 12.2. The molecule has 2 aromatic heterocycles. The third kappa shape index (κ3) is 8.49. The number of aromatic nitrogens is 3. The number of anilines is 4. The van der Waals surface area contributed by atoms with Gasteiger partial charge in [-0.2, -0.15) is 17.6 Å². The molecule has 1 aliphatic heterocycles. The molecule has 3 heterocycles. The number of halogens is 5. The summed E-state index contributed by atoms with van der Waals surface area (Å²) < 4.78 is 81.2. The molecule has 1 aliphatic rings. The number of alkyl halides is 3. The van der Waals surface area contributed by atoms with Gasteiger partial charge in [0, 0.05) is 65.6 Å². The molecule has 0 bridgehead atoms. The van der Waals surface area contributed by atoms with E-state index in [1.165, 1.54) is 20.5 Å². The van der Waals surface area contributed by atoms with E-state index in [-0.39, 0.29) is 47.7 Å². The molecule has 1 saturated heterocycles. The minimum atomic E-state index is -4.79. The molecule has 11 nitrogen and oxygen atoms in total. The lowest BCUT2D eigenvalue weighted by atomic mass is 10.1. The number of thiazole rings is 1. The SMILES string of the molecule is COCCN(CCOC)c1sc(Nc2ncnc(N3CCN(CCC(=O)O)CC3)c2F)nc1-c1cc(F)cc(C(F)(F)F)c1. The number of aliphatic carboxylic acids is 1. The molecule has 1 fully saturated rings. The highest BCUT2D eigenvalue weighted by molar-refractivity contribution is 7.20. The number of piperazine rings is 1. The molecular weight excluding hydrogens is 613 g/mol. The molecule has 3 aromatic rings. The Hall–Kier alpha value is -3.67. The number of carbonyl (C=O) groups is 1. The molecule has 0 aliphatic carbocycles. The van der Waals surface area contributed by atoms with Crippen LogP contribution in [0.25, 0.3) is 11.3 Å². The summed E-state index contributed by atoms with van der Waals surface area (Å²) in [6.45, 7) is 3.43. The molecule has 0 radical (unpaired) electrons. The van der Waals surface area contributed by atoms with Gasteiger partial charge in [-0.1, -0.05) is 11.3 Å². The molecule has 44 heavy (non-hydrogen) atoms. The number of nitrogens with one attached hydrogen (secondary N) is 1. The van der Waals surface area contributed by atoms with Gasteiger partial charge in [0.25, 0.3) is 0 Å². The van der Waals surface area contributed by atoms with Crippen LogP contribution in [0.4, 0.5) is 43.7 Å². The first-order chi connectivity index (χ1) is 21.0. The first-order valence-corrected chi connectivity index (χ1v) is 14.4. The molecule has 4 rings (SSSR count). The highest BCUT2D eigenvalue weighted by atomic mass is 32.1. The molecule has 0 amide bonds. The summed E-state index contributed by atoms with van der Waals surface area (Å²) >= 11 is 1.03. The lowest BCUT2D eigenvalue weighted by Gasteiger charge is -2.35. The molecular formula is C27H32F5N7O4S. The van der Waals surface area contributed by atoms with Gasteiger partial charge in [0.15, 0.2) is 16.8 Å². The Balaban J connectivity index is 1.66. The Morgan fingerprint density at radius 2 is 1.75 bits per heavy atom. The fraction of sp³-hybridized carbons (Fsp3) is 0.481. The molecule has 240 valence electrons. The van der Waals surface area contributed by atoms with Crippen LogP contribution < -0.4 is 15.1 Å². The van der Waals surface area contributed by atoms with Crippen molar-refractivity contribution >= 4 is 39.1 Å². The second kappa shape index (κ2) is 14.9. The zero-order valence-electron chi connectivity index (χ0n) is 24.0. The number of methoxy groups -OCH3 is 2. The van der Waals surface area contributed by atoms with Gasteiger partial charge in [0.1, 0.15) is 22.8 Å². The summed E-state index contributed by atoms with van der Waals surface area (Å²) in [4.78, 5) is 28.9. The van der Waals surface area contributed by atoms with Gasteiger partial charge in [-0.3, -0.25) is 9.69 Å². The monoisotopic (exact) mass is 645 g/mol. The summed E-state index contributed by atoms with van der Waals surface area (Å²) in [7, 11) is 3.01. The number of hydrogen-bond donors (Lipinski definition) is 2. The first-order valence-electron chi connectivity index (χ1n) is 13.6. The predicted molar refractivity (Wildman–Crippen MR) is 155 cm³/mol. The van der Waals surface area contributed by atoms with Crippen LogP contribution in [-0.2, 0) is 20.4 Å². The topological polar surface area (TPSA) is 116 Å². The fourth-order valence-electron chi connectivity index (χ4n) is 4.58. The molecule has 0 atom stereocenters. The van der Waals surface area contributed by atoms with E-state index in [9.17, 15) is 22.4 Å². The molecule has 0 spiro atoms. The van der Waals surface area contributed by atoms with Gasteiger partial charge in [0.05, 0.1) is 25.2 Å². The molecule has 2 N–H and O–H groups in total. The Labute approximate surface area is 254 Å². The third-order valence-electron chi connectivity index (χ3n) is 6.84. The molecule has 17 heteroatoms. The molecule has 0 saturated carbocycles. The number of hydrogen-bond acceptors (Lipinski definition) is 11. The largest absolute Gasteiger partial charge is 0.481 e. The van der Waals surface area contributed by atoms with Crippen LogP contribution >= 0.6 is 11.3 Å². The van der Waals surface area contributed by atoms with Crippen LogP contribution in [0.3, 0.4) is 0 Å². The quantitative estimate of drug-likeness (QED) is 0.244. The van der Waals surface area contributed by atoms with Crippen molar-refractivity contribution in [3.8, 4) is 11.3 Å². The van der Waals surface area contributed by atoms with E-state index in [1.54, 1.807) is 9.80 Å². The van der Waals surface area contributed by atoms with Crippen molar-refractivity contribution in [2.24, 2.45) is 0 Å². The van der Waals surface area contributed by atoms with E-state index in [2.05, 4.69) is 20.3 Å². The molecule has 1 aromatic carbocycles. The van der Waals surface area contributed by atoms with Gasteiger partial charge in [0.2, 0.25) is 5.82 Å². The van der Waals surface area contributed by atoms with Crippen LogP contribution in [0.15, 0.2) is 24.5 Å². The summed E-state index contributed by atoms with van der Waals surface area (Å²) in [6, 6.07) is 2.18. The second-order valence-electron chi connectivity index (χ2n) is 9.83. The van der Waals surface area contributed by atoms with Gasteiger partial charge in [-0.25, -0.2) is 19.3 Å². The van der Waals surface area contributed by atoms with Crippen molar-refractivity contribution < 1.29 is 41.3 Å². The van der Waals surface area contributed by atoms with Crippen LogP contribution in [0.2, 0.25) is 0 Å². The van der Waals surface area contributed by atoms with Gasteiger partial charge < -0.3 is 29.7 Å². The van der Waals surface area contributed by atoms with Crippen molar-refractivity contribution in [3.63, 3.8) is 0 Å². The van der Waals surface area contributed by atoms with Crippen molar-refractivity contribution in [3.05, 3.63) is 41.7 Å². The summed E-state index contributed by atoms with van der Waals surface area (Å²) in [5.41, 5.74) is -1.22. The zero-order chi connectivity index (χ0) is 31.9. The fourth-order valence-corrected chi connectivity index (χ4v) is 5.62. The lowest BCUT2D eigenvalue weighted by molar-refractivity contribution is -0.138. The van der Waals surface area contributed by atoms with E-state index in [1.807, 2.05) is 4.90 Å². The Morgan fingerprint density at radius 1 is 1.07 bits per heavy atom. The minimum absolute atomic E-state index is 0.00916. The maximum Gasteiger partial charge on any atom is 0.416 e. The lowest BCUT2D eigenvalue weighted by Crippen LogP contribution is -2.47. The first kappa shape index (κ1) is 33.2. The number of nitrogens with zero attached hydrogens (tertiary/aromatic N) is 6. The predicted octanol–water partition coefficient (Wildman–Crippen LogP) is 4.34. The van der Waals surface area contributed by atoms with Crippen molar-refractivity contribution in [1.29, 1.82) is 0 Å². The Morgan fingerprint density at radius 3 is 2.36 bits per heavy atom. The zero-order valence-corrected chi connectivity index (χ0v) is 24.9. The van der Waals surface area contributed by atoms with E-state index in [4.69, 9.17) is 14.6 Å². The van der Waals surface area contributed by atoms with Crippen molar-refractivity contribution in [2.45, 2.75) is 12.6 Å². The Bertz CT molecular complexity index is 1410. The summed E-state index contributed by atoms with van der Waals surface area (Å²) in [5.74, 6) is -2.90. The standard InChI is InChI=1S/C27H32F5N7O4S/c1-42-11-9-39(10-12-43-2)25-22(17-13-18(27(30,31)32)15-19(28)14-17)35-26(44-25)36-23-21(29)24(34-16-33-23)38-7-5-37(6-8-38)4-3-20(40)41/h13-16H,3-12H2,1-2H3,(H,40,41)(H,33,34,35,36). The Kier molecular flexibility index (Phi) is 11.2. The van der Waals surface area contributed by atoms with Crippen molar-refractivity contribution in [1.82, 2.24) is 19.9 Å². The van der Waals surface area contributed by atoms with Crippen LogP contribution in [0, 0.1) is 11.6 Å². The number of carboxylic acids is 1. The number of carboxylic acid groups (broad SMARTS) is 1. The minimum Gasteiger partial charge on any atom is -0.481 e. The maximum atomic E-state index is 15.7. The van der Waals surface area contributed by atoms with Crippen LogP contribution in [-0.4, -0.2) is 104 Å². The highest BCUT2D eigenvalue weighted by Crippen LogP contribution is 2.42. The maximum absolute atomic E-state index is 15.7. The van der Waals surface area contributed by atoms with E-state index < -0.39 is 29.3 Å². The van der Waals surface area contributed by atoms with Crippen molar-refractivity contribution in [2.75, 3.05) is 88.4 Å². The molecule has 0 unspecified atom stereocenters. The third-order valence-corrected chi connectivity index (χ3v) is 7.87. The number of ether oxygens (including phenoxy) is 2. The smallest absolute Gasteiger partial charge is 0.416 e. The van der Waals surface area contributed by atoms with E-state index in [0.717, 1.165) is 23.5 Å². The van der Waals surface area contributed by atoms with Crippen LogP contribution in [0.1, 0.15) is 12.0 Å².